The standard InChI is InChI=1S/C8H21N5/c1-5-10-8(11-9)13(4)7-6-12(2)3/h5-7,9H2,1-4H3,(H,10,11). The molecule has 0 unspecified atom stereocenters. The lowest BCUT2D eigenvalue weighted by atomic mass is 10.5. The molecule has 0 amide bonds. The molecule has 0 rings (SSSR count). The highest BCUT2D eigenvalue weighted by atomic mass is 15.4. The van der Waals surface area contributed by atoms with E-state index in [1.54, 1.807) is 0 Å². The van der Waals surface area contributed by atoms with Crippen LogP contribution in [0.3, 0.4) is 0 Å². The summed E-state index contributed by atoms with van der Waals surface area (Å²) in [4.78, 5) is 8.33. The molecule has 3 N–H and O–H groups in total. The van der Waals surface area contributed by atoms with Crippen LogP contribution in [-0.4, -0.2) is 56.5 Å². The molecule has 0 radical (unpaired) electrons. The van der Waals surface area contributed by atoms with Crippen LogP contribution in [0.2, 0.25) is 0 Å². The lowest BCUT2D eigenvalue weighted by Crippen LogP contribution is -2.45. The van der Waals surface area contributed by atoms with Crippen molar-refractivity contribution in [1.29, 1.82) is 0 Å². The maximum absolute atomic E-state index is 5.33. The maximum Gasteiger partial charge on any atom is 0.208 e. The number of nitrogens with zero attached hydrogens (tertiary/aromatic N) is 3. The van der Waals surface area contributed by atoms with Gasteiger partial charge in [-0.3, -0.25) is 10.4 Å². The van der Waals surface area contributed by atoms with E-state index < -0.39 is 0 Å². The monoisotopic (exact) mass is 187 g/mol. The van der Waals surface area contributed by atoms with Gasteiger partial charge in [0.25, 0.3) is 0 Å². The van der Waals surface area contributed by atoms with Crippen molar-refractivity contribution in [1.82, 2.24) is 15.2 Å². The molecule has 0 bridgehead atoms. The number of nitrogens with one attached hydrogen (secondary N) is 1. The fourth-order valence-corrected chi connectivity index (χ4v) is 0.882. The Morgan fingerprint density at radius 2 is 1.92 bits per heavy atom. The minimum atomic E-state index is 0.740. The summed E-state index contributed by atoms with van der Waals surface area (Å²) in [7, 11) is 6.05. The lowest BCUT2D eigenvalue weighted by Gasteiger charge is -2.22. The molecule has 0 aliphatic carbocycles. The lowest BCUT2D eigenvalue weighted by molar-refractivity contribution is 0.352. The molecule has 0 aromatic rings. The molecule has 5 heteroatoms. The third-order valence-electron chi connectivity index (χ3n) is 1.68. The van der Waals surface area contributed by atoms with Crippen LogP contribution >= 0.6 is 0 Å². The van der Waals surface area contributed by atoms with E-state index in [1.807, 2.05) is 33.0 Å². The first kappa shape index (κ1) is 12.2. The van der Waals surface area contributed by atoms with Crippen molar-refractivity contribution in [2.45, 2.75) is 6.92 Å². The predicted molar refractivity (Wildman–Crippen MR) is 56.5 cm³/mol. The molecule has 13 heavy (non-hydrogen) atoms. The van der Waals surface area contributed by atoms with Crippen LogP contribution in [0.1, 0.15) is 6.92 Å². The first-order chi connectivity index (χ1) is 6.11. The van der Waals surface area contributed by atoms with Crippen molar-refractivity contribution in [3.8, 4) is 0 Å². The van der Waals surface area contributed by atoms with Gasteiger partial charge in [-0.25, -0.2) is 5.84 Å². The number of hydrazine groups is 1. The number of nitrogens with two attached hydrogens (primary N) is 1. The summed E-state index contributed by atoms with van der Waals surface area (Å²) in [6, 6.07) is 0. The summed E-state index contributed by atoms with van der Waals surface area (Å²) < 4.78 is 0. The summed E-state index contributed by atoms with van der Waals surface area (Å²) in [5.74, 6) is 6.07. The highest BCUT2D eigenvalue weighted by molar-refractivity contribution is 5.79. The normalized spacial score (nSPS) is 12.0. The molecule has 0 aromatic heterocycles. The number of hydrogen-bond donors (Lipinski definition) is 2. The van der Waals surface area contributed by atoms with Crippen LogP contribution in [0, 0.1) is 0 Å². The smallest absolute Gasteiger partial charge is 0.208 e. The molecular weight excluding hydrogens is 166 g/mol. The van der Waals surface area contributed by atoms with Gasteiger partial charge in [-0.15, -0.1) is 0 Å². The SMILES string of the molecule is CCN=C(NN)N(C)CCN(C)C. The first-order valence-electron chi connectivity index (χ1n) is 4.48. The third kappa shape index (κ3) is 5.43. The van der Waals surface area contributed by atoms with E-state index in [1.165, 1.54) is 0 Å². The second kappa shape index (κ2) is 6.68. The fourth-order valence-electron chi connectivity index (χ4n) is 0.882. The third-order valence-corrected chi connectivity index (χ3v) is 1.68. The topological polar surface area (TPSA) is 56.9 Å². The van der Waals surface area contributed by atoms with Crippen LogP contribution in [0.4, 0.5) is 0 Å². The largest absolute Gasteiger partial charge is 0.344 e. The molecule has 0 aliphatic heterocycles. The molecule has 0 aromatic carbocycles. The van der Waals surface area contributed by atoms with Crippen molar-refractivity contribution >= 4 is 5.96 Å². The molecule has 0 saturated carbocycles. The minimum absolute atomic E-state index is 0.740. The molecule has 0 fully saturated rings. The Morgan fingerprint density at radius 3 is 2.31 bits per heavy atom. The maximum atomic E-state index is 5.33. The van der Waals surface area contributed by atoms with Crippen LogP contribution in [-0.2, 0) is 0 Å². The molecule has 78 valence electrons. The molecule has 0 aliphatic rings. The zero-order chi connectivity index (χ0) is 10.3. The van der Waals surface area contributed by atoms with Crippen LogP contribution in [0.15, 0.2) is 4.99 Å². The number of likely N-dealkylation sites (N-methyl/N-ethyl adjacent to an activating group) is 2. The minimum Gasteiger partial charge on any atom is -0.344 e. The van der Waals surface area contributed by atoms with Gasteiger partial charge < -0.3 is 9.80 Å². The van der Waals surface area contributed by atoms with Gasteiger partial charge in [0.1, 0.15) is 0 Å². The Bertz CT molecular complexity index is 155. The fraction of sp³-hybridized carbons (Fsp3) is 0.875. The van der Waals surface area contributed by atoms with Crippen molar-refractivity contribution in [2.24, 2.45) is 10.8 Å². The molecule has 0 atom stereocenters. The van der Waals surface area contributed by atoms with E-state index in [9.17, 15) is 0 Å². The zero-order valence-corrected chi connectivity index (χ0v) is 9.04. The summed E-state index contributed by atoms with van der Waals surface area (Å²) in [5, 5.41) is 0. The molecule has 0 heterocycles. The Morgan fingerprint density at radius 1 is 1.31 bits per heavy atom. The van der Waals surface area contributed by atoms with Crippen LogP contribution in [0.25, 0.3) is 0 Å². The predicted octanol–water partition coefficient (Wildman–Crippen LogP) is -0.681. The van der Waals surface area contributed by atoms with Gasteiger partial charge in [-0.05, 0) is 21.0 Å². The van der Waals surface area contributed by atoms with Crippen molar-refractivity contribution in [3.05, 3.63) is 0 Å². The van der Waals surface area contributed by atoms with Crippen molar-refractivity contribution in [3.63, 3.8) is 0 Å². The average molecular weight is 187 g/mol. The molecule has 0 saturated heterocycles. The van der Waals surface area contributed by atoms with Gasteiger partial charge in [0.2, 0.25) is 5.96 Å². The molecular formula is C8H21N5. The molecule has 0 spiro atoms. The van der Waals surface area contributed by atoms with Gasteiger partial charge in [-0.1, -0.05) is 0 Å². The number of aliphatic imine (C=N–C) groups is 1. The van der Waals surface area contributed by atoms with E-state index in [0.29, 0.717) is 0 Å². The highest BCUT2D eigenvalue weighted by Gasteiger charge is 2.03. The van der Waals surface area contributed by atoms with Gasteiger partial charge >= 0.3 is 0 Å². The van der Waals surface area contributed by atoms with E-state index in [2.05, 4.69) is 15.3 Å². The Hall–Kier alpha value is -0.810. The Labute approximate surface area is 80.6 Å². The van der Waals surface area contributed by atoms with E-state index >= 15 is 0 Å². The quantitative estimate of drug-likeness (QED) is 0.265. The van der Waals surface area contributed by atoms with Gasteiger partial charge in [0.15, 0.2) is 0 Å². The van der Waals surface area contributed by atoms with E-state index in [4.69, 9.17) is 5.84 Å². The second-order valence-corrected chi connectivity index (χ2v) is 3.17. The number of rotatable bonds is 4. The van der Waals surface area contributed by atoms with Gasteiger partial charge in [0, 0.05) is 26.7 Å². The molecule has 5 nitrogen and oxygen atoms in total. The van der Waals surface area contributed by atoms with Crippen molar-refractivity contribution in [2.75, 3.05) is 40.8 Å². The van der Waals surface area contributed by atoms with Gasteiger partial charge in [-0.2, -0.15) is 0 Å². The van der Waals surface area contributed by atoms with E-state index in [-0.39, 0.29) is 0 Å². The summed E-state index contributed by atoms with van der Waals surface area (Å²) in [5.41, 5.74) is 2.58. The van der Waals surface area contributed by atoms with Gasteiger partial charge in [0.05, 0.1) is 0 Å². The first-order valence-corrected chi connectivity index (χ1v) is 4.48. The number of hydrogen-bond acceptors (Lipinski definition) is 3. The summed E-state index contributed by atoms with van der Waals surface area (Å²) >= 11 is 0. The van der Waals surface area contributed by atoms with Crippen LogP contribution in [0.5, 0.6) is 0 Å². The number of guanidine groups is 1. The Kier molecular flexibility index (Phi) is 6.26. The van der Waals surface area contributed by atoms with Crippen molar-refractivity contribution < 1.29 is 0 Å². The average Bonchev–Trinajstić information content (AvgIpc) is 2.10. The summed E-state index contributed by atoms with van der Waals surface area (Å²) in [6.07, 6.45) is 0. The highest BCUT2D eigenvalue weighted by Crippen LogP contribution is 1.85. The van der Waals surface area contributed by atoms with Crippen LogP contribution < -0.4 is 11.3 Å². The Balaban J connectivity index is 3.91. The van der Waals surface area contributed by atoms with E-state index in [0.717, 1.165) is 25.6 Å². The zero-order valence-electron chi connectivity index (χ0n) is 9.04. The second-order valence-electron chi connectivity index (χ2n) is 3.17. The summed E-state index contributed by atoms with van der Waals surface area (Å²) in [6.45, 7) is 4.62.